The molecule has 54 heavy (non-hydrogen) atoms. The number of aliphatic hydroxyl groups excluding tert-OH is 3. The van der Waals surface area contributed by atoms with Gasteiger partial charge in [0.05, 0.1) is 25.2 Å². The zero-order valence-corrected chi connectivity index (χ0v) is 38.0. The Balaban J connectivity index is 0.00000143. The zero-order chi connectivity index (χ0) is 43.1. The highest BCUT2D eigenvalue weighted by Crippen LogP contribution is 2.54. The van der Waals surface area contributed by atoms with Crippen LogP contribution >= 0.6 is 15.6 Å². The van der Waals surface area contributed by atoms with Gasteiger partial charge in [-0.2, -0.15) is 4.31 Å². The predicted molar refractivity (Wildman–Crippen MR) is 217 cm³/mol. The first-order valence-corrected chi connectivity index (χ1v) is 21.4. The Hall–Kier alpha value is -1.62. The van der Waals surface area contributed by atoms with Crippen LogP contribution in [0.5, 0.6) is 5.75 Å². The minimum atomic E-state index is -5.05. The molecule has 2 rings (SSSR count). The highest BCUT2D eigenvalue weighted by Gasteiger charge is 2.47. The lowest BCUT2D eigenvalue weighted by molar-refractivity contribution is -0.0761. The van der Waals surface area contributed by atoms with Crippen molar-refractivity contribution in [3.8, 4) is 5.75 Å². The summed E-state index contributed by atoms with van der Waals surface area (Å²) in [5, 5.41) is 33.2. The van der Waals surface area contributed by atoms with Gasteiger partial charge < -0.3 is 39.6 Å². The minimum absolute atomic E-state index is 0.0788. The molecule has 1 atom stereocenters. The lowest BCUT2D eigenvalue weighted by Crippen LogP contribution is -2.45. The monoisotopic (exact) mass is 802 g/mol. The van der Waals surface area contributed by atoms with Crippen LogP contribution in [0.4, 0.5) is 0 Å². The molecule has 0 saturated heterocycles. The molecule has 2 aromatic carbocycles. The summed E-state index contributed by atoms with van der Waals surface area (Å²) in [5.41, 5.74) is 5.12. The number of benzene rings is 2. The van der Waals surface area contributed by atoms with E-state index in [0.29, 0.717) is 0 Å². The van der Waals surface area contributed by atoms with Crippen LogP contribution in [-0.4, -0.2) is 54.7 Å². The van der Waals surface area contributed by atoms with E-state index in [0.717, 1.165) is 33.6 Å². The predicted octanol–water partition coefficient (Wildman–Crippen LogP) is 8.74. The lowest BCUT2D eigenvalue weighted by atomic mass is 9.67. The molecule has 0 aliphatic carbocycles. The van der Waals surface area contributed by atoms with Gasteiger partial charge in [-0.05, 0) is 54.7 Å². The molecule has 0 radical (unpaired) electrons. The first kappa shape index (κ1) is 50.4. The van der Waals surface area contributed by atoms with Crippen LogP contribution in [0.25, 0.3) is 0 Å². The molecule has 2 aromatic rings. The third kappa shape index (κ3) is 13.5. The van der Waals surface area contributed by atoms with Gasteiger partial charge in [0.25, 0.3) is 0 Å². The fourth-order valence-electron chi connectivity index (χ4n) is 6.06. The molecule has 0 aliphatic heterocycles. The van der Waals surface area contributed by atoms with Gasteiger partial charge in [0.1, 0.15) is 11.9 Å². The van der Waals surface area contributed by atoms with Crippen molar-refractivity contribution in [2.24, 2.45) is 5.41 Å². The summed E-state index contributed by atoms with van der Waals surface area (Å²) >= 11 is 0. The number of hydrogen-bond acceptors (Lipinski definition) is 7. The van der Waals surface area contributed by atoms with Crippen molar-refractivity contribution in [2.45, 2.75) is 163 Å². The summed E-state index contributed by atoms with van der Waals surface area (Å²) in [6.45, 7) is 38.6. The summed E-state index contributed by atoms with van der Waals surface area (Å²) in [5.74, 6) is 0.771. The van der Waals surface area contributed by atoms with Crippen LogP contribution in [0.2, 0.25) is 0 Å². The highest BCUT2D eigenvalue weighted by atomic mass is 31.3. The molecule has 0 aliphatic rings. The van der Waals surface area contributed by atoms with E-state index in [4.69, 9.17) is 24.3 Å². The van der Waals surface area contributed by atoms with Gasteiger partial charge in [-0.25, -0.2) is 9.13 Å². The topological polar surface area (TPSA) is 194 Å². The molecule has 11 nitrogen and oxygen atoms in total. The molecule has 312 valence electrons. The Morgan fingerprint density at radius 3 is 0.926 bits per heavy atom. The molecule has 0 heterocycles. The van der Waals surface area contributed by atoms with Gasteiger partial charge in [0.15, 0.2) is 0 Å². The Morgan fingerprint density at radius 1 is 0.481 bits per heavy atom. The third-order valence-electron chi connectivity index (χ3n) is 9.44. The van der Waals surface area contributed by atoms with Crippen molar-refractivity contribution < 1.29 is 53.1 Å². The second-order valence-electron chi connectivity index (χ2n) is 20.8. The number of ether oxygens (including phenoxy) is 1. The maximum absolute atomic E-state index is 11.1. The molecule has 1 unspecified atom stereocenters. The van der Waals surface area contributed by atoms with E-state index in [1.54, 1.807) is 0 Å². The molecule has 13 heteroatoms. The molecule has 0 saturated carbocycles. The van der Waals surface area contributed by atoms with E-state index in [1.807, 2.05) is 0 Å². The van der Waals surface area contributed by atoms with Crippen molar-refractivity contribution in [2.75, 3.05) is 19.8 Å². The fraction of sp³-hybridized carbons (Fsp3) is 0.707. The maximum atomic E-state index is 11.1. The Morgan fingerprint density at radius 2 is 0.741 bits per heavy atom. The number of rotatable bonds is 9. The molecule has 0 bridgehead atoms. The normalized spacial score (nSPS) is 14.8. The Bertz CT molecular complexity index is 1580. The van der Waals surface area contributed by atoms with Crippen molar-refractivity contribution >= 4 is 15.6 Å². The van der Waals surface area contributed by atoms with Crippen LogP contribution in [0.15, 0.2) is 24.3 Å². The van der Waals surface area contributed by atoms with Crippen LogP contribution in [0, 0.1) is 5.41 Å². The zero-order valence-electron chi connectivity index (χ0n) is 36.2. The van der Waals surface area contributed by atoms with Gasteiger partial charge >= 0.3 is 15.6 Å². The molecular weight excluding hydrogens is 730 g/mol. The van der Waals surface area contributed by atoms with Crippen LogP contribution in [0.3, 0.4) is 0 Å². The van der Waals surface area contributed by atoms with E-state index in [-0.39, 0.29) is 32.5 Å². The second-order valence-corrected chi connectivity index (χ2v) is 23.4. The number of aliphatic hydroxyl groups is 3. The number of phosphoric acid groups is 2. The average molecular weight is 803 g/mol. The second kappa shape index (κ2) is 16.7. The minimum Gasteiger partial charge on any atom is -0.484 e. The molecule has 0 aromatic heterocycles. The van der Waals surface area contributed by atoms with Crippen molar-refractivity contribution in [1.29, 1.82) is 0 Å². The van der Waals surface area contributed by atoms with Gasteiger partial charge in [-0.1, -0.05) is 149 Å². The summed E-state index contributed by atoms with van der Waals surface area (Å²) in [6.07, 6.45) is -0.836. The Labute approximate surface area is 325 Å². The quantitative estimate of drug-likeness (QED) is 0.120. The van der Waals surface area contributed by atoms with E-state index in [2.05, 4.69) is 153 Å². The molecule has 0 amide bonds. The summed E-state index contributed by atoms with van der Waals surface area (Å²) in [7, 11) is -10.1. The lowest BCUT2D eigenvalue weighted by Gasteiger charge is -2.44. The standard InChI is InChI=1S/C41H68O4.H4O7P2/c1-35(2,3)26-19-28(37(7,8)9)32(29(20-26)38(10,11)12)34(41(23-42,24-43)25-44)45-33-30(39(13,14)15)21-27(36(4,5)6)22-31(33)40(16,17)18;1-8(2,3)7-9(4,5)6/h19-22,34,42-44H,23-25H2,1-18H3;(H2,1,2,3)(H2,4,5,6). The number of hydrogen-bond donors (Lipinski definition) is 7. The fourth-order valence-corrected chi connectivity index (χ4v) is 7.17. The Kier molecular flexibility index (Phi) is 15.6. The van der Waals surface area contributed by atoms with E-state index < -0.39 is 47.0 Å². The summed E-state index contributed by atoms with van der Waals surface area (Å²) in [6, 6.07) is 9.13. The third-order valence-corrected chi connectivity index (χ3v) is 11.1. The summed E-state index contributed by atoms with van der Waals surface area (Å²) in [4.78, 5) is 31.0. The largest absolute Gasteiger partial charge is 0.484 e. The SMILES string of the molecule is CC(C)(C)c1cc(C(C)(C)C)c(OC(c2c(C(C)(C)C)cc(C(C)(C)C)cc2C(C)(C)C)C(CO)(CO)CO)c(C(C)(C)C)c1.O=P(O)(O)OP(=O)(O)O. The summed E-state index contributed by atoms with van der Waals surface area (Å²) < 4.78 is 29.7. The van der Waals surface area contributed by atoms with Crippen molar-refractivity contribution in [1.82, 2.24) is 0 Å². The van der Waals surface area contributed by atoms with E-state index >= 15 is 0 Å². The van der Waals surface area contributed by atoms with Gasteiger partial charge in [-0.3, -0.25) is 0 Å². The van der Waals surface area contributed by atoms with Crippen molar-refractivity contribution in [3.05, 3.63) is 63.2 Å². The van der Waals surface area contributed by atoms with Crippen LogP contribution in [-0.2, 0) is 45.9 Å². The van der Waals surface area contributed by atoms with Gasteiger partial charge in [0.2, 0.25) is 0 Å². The molecule has 7 N–H and O–H groups in total. The van der Waals surface area contributed by atoms with Gasteiger partial charge in [0, 0.05) is 16.7 Å². The van der Waals surface area contributed by atoms with Crippen LogP contribution < -0.4 is 4.74 Å². The first-order chi connectivity index (χ1) is 23.7. The first-order valence-electron chi connectivity index (χ1n) is 18.4. The van der Waals surface area contributed by atoms with E-state index in [1.165, 1.54) is 11.1 Å². The van der Waals surface area contributed by atoms with E-state index in [9.17, 15) is 24.4 Å². The maximum Gasteiger partial charge on any atom is 0.478 e. The average Bonchev–Trinajstić information content (AvgIpc) is 2.92. The smallest absolute Gasteiger partial charge is 0.478 e. The van der Waals surface area contributed by atoms with Crippen molar-refractivity contribution in [3.63, 3.8) is 0 Å². The van der Waals surface area contributed by atoms with Gasteiger partial charge in [-0.15, -0.1) is 0 Å². The van der Waals surface area contributed by atoms with Crippen LogP contribution in [0.1, 0.15) is 170 Å². The molecular formula is C41H72O11P2. The molecule has 0 spiro atoms. The highest BCUT2D eigenvalue weighted by molar-refractivity contribution is 7.60. The molecule has 0 fully saturated rings.